The molecule has 0 fully saturated rings. The average Bonchev–Trinajstić information content (AvgIpc) is 2.34. The third kappa shape index (κ3) is 2.58. The van der Waals surface area contributed by atoms with E-state index in [1.165, 1.54) is 12.1 Å². The quantitative estimate of drug-likeness (QED) is 0.547. The predicted octanol–water partition coefficient (Wildman–Crippen LogP) is 2.97. The molecule has 0 amide bonds. The minimum atomic E-state index is -0.498. The molecule has 0 aromatic heterocycles. The van der Waals surface area contributed by atoms with Crippen molar-refractivity contribution in [3.05, 3.63) is 53.6 Å². The molecule has 0 heterocycles. The van der Waals surface area contributed by atoms with Gasteiger partial charge in [-0.15, -0.1) is 0 Å². The van der Waals surface area contributed by atoms with E-state index >= 15 is 0 Å². The van der Waals surface area contributed by atoms with Crippen LogP contribution >= 0.6 is 0 Å². The maximum atomic E-state index is 9.33. The lowest BCUT2D eigenvalue weighted by atomic mass is 10.1. The Balaban J connectivity index is 2.28. The van der Waals surface area contributed by atoms with Crippen LogP contribution in [-0.4, -0.2) is 15.3 Å². The summed E-state index contributed by atoms with van der Waals surface area (Å²) < 4.78 is 0. The van der Waals surface area contributed by atoms with Gasteiger partial charge in [0.1, 0.15) is 0 Å². The van der Waals surface area contributed by atoms with E-state index in [9.17, 15) is 15.3 Å². The highest BCUT2D eigenvalue weighted by Crippen LogP contribution is 2.35. The van der Waals surface area contributed by atoms with Crippen molar-refractivity contribution in [1.82, 2.24) is 0 Å². The molecule has 0 aliphatic carbocycles. The summed E-state index contributed by atoms with van der Waals surface area (Å²) >= 11 is 0. The van der Waals surface area contributed by atoms with E-state index in [1.54, 1.807) is 6.08 Å². The predicted molar refractivity (Wildman–Crippen MR) is 66.8 cm³/mol. The van der Waals surface area contributed by atoms with Crippen LogP contribution in [0, 0.1) is 0 Å². The lowest BCUT2D eigenvalue weighted by Gasteiger charge is -2.02. The smallest absolute Gasteiger partial charge is 0.200 e. The van der Waals surface area contributed by atoms with Gasteiger partial charge in [-0.1, -0.05) is 42.5 Å². The minimum absolute atomic E-state index is 0.335. The van der Waals surface area contributed by atoms with E-state index in [-0.39, 0.29) is 11.5 Å². The number of hydrogen-bond acceptors (Lipinski definition) is 3. The molecular formula is C14H12O3. The Morgan fingerprint density at radius 1 is 0.706 bits per heavy atom. The fraction of sp³-hybridized carbons (Fsp3) is 0. The first-order chi connectivity index (χ1) is 8.16. The van der Waals surface area contributed by atoms with Gasteiger partial charge in [0.05, 0.1) is 0 Å². The first-order valence-electron chi connectivity index (χ1n) is 5.15. The fourth-order valence-corrected chi connectivity index (χ4v) is 1.48. The zero-order chi connectivity index (χ0) is 12.3. The van der Waals surface area contributed by atoms with Gasteiger partial charge in [0, 0.05) is 0 Å². The molecule has 0 bridgehead atoms. The molecule has 3 nitrogen and oxygen atoms in total. The molecule has 2 rings (SSSR count). The summed E-state index contributed by atoms with van der Waals surface area (Å²) in [6, 6.07) is 12.4. The Morgan fingerprint density at radius 2 is 1.24 bits per heavy atom. The number of benzene rings is 2. The summed E-state index contributed by atoms with van der Waals surface area (Å²) in [6.45, 7) is 0. The second kappa shape index (κ2) is 4.61. The summed E-state index contributed by atoms with van der Waals surface area (Å²) in [5.74, 6) is -1.17. The van der Waals surface area contributed by atoms with E-state index in [4.69, 9.17) is 0 Å². The van der Waals surface area contributed by atoms with Crippen LogP contribution in [0.25, 0.3) is 12.2 Å². The van der Waals surface area contributed by atoms with E-state index in [0.29, 0.717) is 5.56 Å². The number of hydrogen-bond donors (Lipinski definition) is 3. The normalized spacial score (nSPS) is 10.8. The van der Waals surface area contributed by atoms with E-state index < -0.39 is 5.75 Å². The zero-order valence-corrected chi connectivity index (χ0v) is 9.04. The molecule has 0 spiro atoms. The first kappa shape index (κ1) is 11.1. The molecule has 0 atom stereocenters. The first-order valence-corrected chi connectivity index (χ1v) is 5.15. The number of rotatable bonds is 2. The standard InChI is InChI=1S/C14H12O3/c15-12-8-11(9-13(16)14(12)17)7-6-10-4-2-1-3-5-10/h1-9,15-17H/b7-6+. The van der Waals surface area contributed by atoms with E-state index in [2.05, 4.69) is 0 Å². The van der Waals surface area contributed by atoms with Gasteiger partial charge in [0.25, 0.3) is 0 Å². The van der Waals surface area contributed by atoms with Crippen molar-refractivity contribution >= 4 is 12.2 Å². The highest BCUT2D eigenvalue weighted by atomic mass is 16.3. The minimum Gasteiger partial charge on any atom is -0.504 e. The average molecular weight is 228 g/mol. The van der Waals surface area contributed by atoms with Crippen molar-refractivity contribution in [2.24, 2.45) is 0 Å². The second-order valence-electron chi connectivity index (χ2n) is 3.65. The lowest BCUT2D eigenvalue weighted by molar-refractivity contribution is 0.368. The molecule has 0 aliphatic heterocycles. The summed E-state index contributed by atoms with van der Waals surface area (Å²) in [5, 5.41) is 27.9. The van der Waals surface area contributed by atoms with Crippen molar-refractivity contribution < 1.29 is 15.3 Å². The van der Waals surface area contributed by atoms with Gasteiger partial charge in [0.15, 0.2) is 17.2 Å². The summed E-state index contributed by atoms with van der Waals surface area (Å²) in [5.41, 5.74) is 1.63. The van der Waals surface area contributed by atoms with Crippen LogP contribution in [0.3, 0.4) is 0 Å². The maximum Gasteiger partial charge on any atom is 0.200 e. The van der Waals surface area contributed by atoms with Gasteiger partial charge in [-0.25, -0.2) is 0 Å². The van der Waals surface area contributed by atoms with E-state index in [0.717, 1.165) is 5.56 Å². The van der Waals surface area contributed by atoms with Gasteiger partial charge in [-0.2, -0.15) is 0 Å². The van der Waals surface area contributed by atoms with Gasteiger partial charge >= 0.3 is 0 Å². The molecule has 3 heteroatoms. The van der Waals surface area contributed by atoms with Gasteiger partial charge in [0.2, 0.25) is 0 Å². The fourth-order valence-electron chi connectivity index (χ4n) is 1.48. The molecule has 0 aliphatic rings. The van der Waals surface area contributed by atoms with Crippen molar-refractivity contribution in [3.8, 4) is 17.2 Å². The van der Waals surface area contributed by atoms with Crippen LogP contribution in [0.1, 0.15) is 11.1 Å². The van der Waals surface area contributed by atoms with Crippen molar-refractivity contribution in [1.29, 1.82) is 0 Å². The largest absolute Gasteiger partial charge is 0.504 e. The highest BCUT2D eigenvalue weighted by Gasteiger charge is 2.05. The maximum absolute atomic E-state index is 9.33. The molecule has 0 saturated heterocycles. The van der Waals surface area contributed by atoms with Crippen molar-refractivity contribution in [2.75, 3.05) is 0 Å². The number of phenols is 3. The molecule has 0 radical (unpaired) electrons. The van der Waals surface area contributed by atoms with Crippen molar-refractivity contribution in [2.45, 2.75) is 0 Å². The van der Waals surface area contributed by atoms with Gasteiger partial charge in [-0.05, 0) is 23.3 Å². The Labute approximate surface area is 98.9 Å². The molecule has 0 unspecified atom stereocenters. The number of aromatic hydroxyl groups is 3. The Bertz CT molecular complexity index is 522. The zero-order valence-electron chi connectivity index (χ0n) is 9.04. The third-order valence-corrected chi connectivity index (χ3v) is 2.36. The monoisotopic (exact) mass is 228 g/mol. The van der Waals surface area contributed by atoms with E-state index in [1.807, 2.05) is 36.4 Å². The lowest BCUT2D eigenvalue weighted by Crippen LogP contribution is -1.76. The van der Waals surface area contributed by atoms with Crippen LogP contribution in [0.5, 0.6) is 17.2 Å². The molecule has 0 saturated carbocycles. The van der Waals surface area contributed by atoms with Crippen LogP contribution in [0.4, 0.5) is 0 Å². The number of phenolic OH excluding ortho intramolecular Hbond substituents is 3. The Morgan fingerprint density at radius 3 is 1.82 bits per heavy atom. The van der Waals surface area contributed by atoms with Gasteiger partial charge in [-0.3, -0.25) is 0 Å². The van der Waals surface area contributed by atoms with Crippen molar-refractivity contribution in [3.63, 3.8) is 0 Å². The molecule has 17 heavy (non-hydrogen) atoms. The third-order valence-electron chi connectivity index (χ3n) is 2.36. The topological polar surface area (TPSA) is 60.7 Å². The molecular weight excluding hydrogens is 216 g/mol. The van der Waals surface area contributed by atoms with Crippen LogP contribution < -0.4 is 0 Å². The highest BCUT2D eigenvalue weighted by molar-refractivity contribution is 5.72. The Kier molecular flexibility index (Phi) is 3.01. The van der Waals surface area contributed by atoms with Crippen LogP contribution in [-0.2, 0) is 0 Å². The molecule has 2 aromatic carbocycles. The summed E-state index contributed by atoms with van der Waals surface area (Å²) in [6.07, 6.45) is 3.60. The van der Waals surface area contributed by atoms with Gasteiger partial charge < -0.3 is 15.3 Å². The summed E-state index contributed by atoms with van der Waals surface area (Å²) in [7, 11) is 0. The Hall–Kier alpha value is -2.42. The van der Waals surface area contributed by atoms with Crippen LogP contribution in [0.2, 0.25) is 0 Å². The molecule has 2 aromatic rings. The van der Waals surface area contributed by atoms with Crippen LogP contribution in [0.15, 0.2) is 42.5 Å². The molecule has 86 valence electrons. The second-order valence-corrected chi connectivity index (χ2v) is 3.65. The summed E-state index contributed by atoms with van der Waals surface area (Å²) in [4.78, 5) is 0. The SMILES string of the molecule is Oc1cc(/C=C/c2ccccc2)cc(O)c1O. The molecule has 3 N–H and O–H groups in total.